The van der Waals surface area contributed by atoms with Gasteiger partial charge in [-0.3, -0.25) is 4.68 Å². The maximum absolute atomic E-state index is 11.4. The van der Waals surface area contributed by atoms with Gasteiger partial charge in [0.05, 0.1) is 7.11 Å². The standard InChI is InChI=1S/C6H11N5O6S2/c1-11-3-4(18(7,13)14)5(8-11)9-19(15,16)10-6(12)17-2/h3H,1-2H3,(H,8,9)(H,10,12)(H2,7,13,14). The first-order valence-corrected chi connectivity index (χ1v) is 7.53. The number of nitrogens with one attached hydrogen (secondary N) is 2. The quantitative estimate of drug-likeness (QED) is 0.583. The lowest BCUT2D eigenvalue weighted by atomic mass is 10.7. The molecule has 1 heterocycles. The van der Waals surface area contributed by atoms with Crippen LogP contribution in [0.4, 0.5) is 10.6 Å². The van der Waals surface area contributed by atoms with Gasteiger partial charge in [0, 0.05) is 13.2 Å². The van der Waals surface area contributed by atoms with Gasteiger partial charge in [0.1, 0.15) is 4.90 Å². The number of nitrogens with two attached hydrogens (primary N) is 1. The lowest BCUT2D eigenvalue weighted by molar-refractivity contribution is 0.177. The van der Waals surface area contributed by atoms with E-state index in [1.165, 1.54) is 11.8 Å². The average molecular weight is 313 g/mol. The van der Waals surface area contributed by atoms with Crippen LogP contribution >= 0.6 is 0 Å². The molecule has 0 saturated carbocycles. The number of sulfonamides is 1. The van der Waals surface area contributed by atoms with E-state index in [1.807, 2.05) is 0 Å². The number of aryl methyl sites for hydroxylation is 1. The number of carbonyl (C=O) groups excluding carboxylic acids is 1. The Balaban J connectivity index is 3.10. The van der Waals surface area contributed by atoms with E-state index < -0.39 is 37.0 Å². The molecule has 0 aliphatic carbocycles. The molecule has 19 heavy (non-hydrogen) atoms. The first kappa shape index (κ1) is 15.2. The van der Waals surface area contributed by atoms with Crippen molar-refractivity contribution >= 4 is 32.1 Å². The smallest absolute Gasteiger partial charge is 0.422 e. The van der Waals surface area contributed by atoms with Crippen molar-refractivity contribution in [3.63, 3.8) is 0 Å². The Morgan fingerprint density at radius 2 is 2.00 bits per heavy atom. The Morgan fingerprint density at radius 3 is 2.47 bits per heavy atom. The minimum atomic E-state index is -4.39. The minimum Gasteiger partial charge on any atom is -0.452 e. The van der Waals surface area contributed by atoms with Crippen LogP contribution in [0.15, 0.2) is 11.1 Å². The van der Waals surface area contributed by atoms with Crippen molar-refractivity contribution in [2.75, 3.05) is 11.8 Å². The first-order chi connectivity index (χ1) is 8.55. The summed E-state index contributed by atoms with van der Waals surface area (Å²) in [5.41, 5.74) is 0. The second-order valence-electron chi connectivity index (χ2n) is 3.26. The highest BCUT2D eigenvalue weighted by Gasteiger charge is 2.23. The van der Waals surface area contributed by atoms with Gasteiger partial charge in [-0.05, 0) is 0 Å². The Labute approximate surface area is 109 Å². The Hall–Kier alpha value is -1.86. The van der Waals surface area contributed by atoms with Crippen molar-refractivity contribution in [2.45, 2.75) is 4.90 Å². The molecule has 0 radical (unpaired) electrons. The zero-order valence-electron chi connectivity index (χ0n) is 9.82. The van der Waals surface area contributed by atoms with E-state index in [0.717, 1.165) is 18.0 Å². The number of aromatic nitrogens is 2. The Bertz CT molecular complexity index is 690. The van der Waals surface area contributed by atoms with Gasteiger partial charge in [0.2, 0.25) is 10.0 Å². The van der Waals surface area contributed by atoms with E-state index in [1.54, 1.807) is 4.72 Å². The molecular weight excluding hydrogens is 302 g/mol. The van der Waals surface area contributed by atoms with E-state index in [-0.39, 0.29) is 0 Å². The molecule has 0 saturated heterocycles. The molecule has 13 heteroatoms. The summed E-state index contributed by atoms with van der Waals surface area (Å²) < 4.78 is 53.6. The van der Waals surface area contributed by atoms with Crippen molar-refractivity contribution in [3.8, 4) is 0 Å². The maximum Gasteiger partial charge on any atom is 0.422 e. The van der Waals surface area contributed by atoms with Gasteiger partial charge in [-0.1, -0.05) is 0 Å². The number of carbonyl (C=O) groups is 1. The number of primary sulfonamides is 1. The Morgan fingerprint density at radius 1 is 1.42 bits per heavy atom. The summed E-state index contributed by atoms with van der Waals surface area (Å²) in [4.78, 5) is 10.2. The zero-order chi connectivity index (χ0) is 14.8. The topological polar surface area (TPSA) is 162 Å². The van der Waals surface area contributed by atoms with Crippen molar-refractivity contribution in [1.29, 1.82) is 0 Å². The van der Waals surface area contributed by atoms with Crippen molar-refractivity contribution in [2.24, 2.45) is 12.2 Å². The van der Waals surface area contributed by atoms with Gasteiger partial charge in [0.15, 0.2) is 5.82 Å². The summed E-state index contributed by atoms with van der Waals surface area (Å²) in [5, 5.41) is 8.46. The lowest BCUT2D eigenvalue weighted by Crippen LogP contribution is -2.35. The van der Waals surface area contributed by atoms with Gasteiger partial charge >= 0.3 is 16.3 Å². The predicted molar refractivity (Wildman–Crippen MR) is 62.7 cm³/mol. The summed E-state index contributed by atoms with van der Waals surface area (Å²) in [6.45, 7) is 0. The summed E-state index contributed by atoms with van der Waals surface area (Å²) in [6.07, 6.45) is -0.244. The maximum atomic E-state index is 11.4. The summed E-state index contributed by atoms with van der Waals surface area (Å²) in [5.74, 6) is -0.540. The summed E-state index contributed by atoms with van der Waals surface area (Å²) in [7, 11) is -6.24. The molecule has 0 aliphatic heterocycles. The predicted octanol–water partition coefficient (Wildman–Crippen LogP) is -1.92. The highest BCUT2D eigenvalue weighted by Crippen LogP contribution is 2.17. The third kappa shape index (κ3) is 4.08. The Kier molecular flexibility index (Phi) is 4.02. The van der Waals surface area contributed by atoms with E-state index in [0.29, 0.717) is 0 Å². The number of ether oxygens (including phenoxy) is 1. The van der Waals surface area contributed by atoms with Crippen LogP contribution in [-0.2, 0) is 32.0 Å². The van der Waals surface area contributed by atoms with E-state index in [9.17, 15) is 21.6 Å². The SMILES string of the molecule is COC(=O)NS(=O)(=O)Nc1nn(C)cc1S(N)(=O)=O. The molecule has 108 valence electrons. The molecule has 4 N–H and O–H groups in total. The number of nitrogens with zero attached hydrogens (tertiary/aromatic N) is 2. The van der Waals surface area contributed by atoms with Crippen LogP contribution in [-0.4, -0.2) is 39.8 Å². The fraction of sp³-hybridized carbons (Fsp3) is 0.333. The molecular formula is C6H11N5O6S2. The normalized spacial score (nSPS) is 11.9. The fourth-order valence-electron chi connectivity index (χ4n) is 1.05. The van der Waals surface area contributed by atoms with Crippen LogP contribution in [0.5, 0.6) is 0 Å². The molecule has 0 atom stereocenters. The molecule has 1 amide bonds. The molecule has 0 bridgehead atoms. The molecule has 0 aromatic carbocycles. The minimum absolute atomic E-state index is 0.537. The second-order valence-corrected chi connectivity index (χ2v) is 6.20. The molecule has 1 aromatic rings. The molecule has 0 fully saturated rings. The third-order valence-corrected chi connectivity index (χ3v) is 3.55. The molecule has 0 spiro atoms. The van der Waals surface area contributed by atoms with Crippen molar-refractivity contribution in [1.82, 2.24) is 14.5 Å². The summed E-state index contributed by atoms with van der Waals surface area (Å²) >= 11 is 0. The highest BCUT2D eigenvalue weighted by atomic mass is 32.2. The zero-order valence-corrected chi connectivity index (χ0v) is 11.4. The van der Waals surface area contributed by atoms with Gasteiger partial charge in [0.25, 0.3) is 0 Å². The molecule has 0 unspecified atom stereocenters. The van der Waals surface area contributed by atoms with Crippen molar-refractivity contribution in [3.05, 3.63) is 6.20 Å². The van der Waals surface area contributed by atoms with E-state index in [4.69, 9.17) is 5.14 Å². The number of anilines is 1. The number of hydrogen-bond donors (Lipinski definition) is 3. The van der Waals surface area contributed by atoms with Crippen LogP contribution in [0.2, 0.25) is 0 Å². The summed E-state index contributed by atoms with van der Waals surface area (Å²) in [6, 6.07) is 0. The van der Waals surface area contributed by atoms with Gasteiger partial charge in [-0.15, -0.1) is 0 Å². The monoisotopic (exact) mass is 313 g/mol. The number of rotatable bonds is 4. The molecule has 0 aliphatic rings. The number of hydrogen-bond acceptors (Lipinski definition) is 7. The van der Waals surface area contributed by atoms with Gasteiger partial charge in [-0.2, -0.15) is 13.5 Å². The van der Waals surface area contributed by atoms with Crippen LogP contribution in [0.25, 0.3) is 0 Å². The number of methoxy groups -OCH3 is 1. The van der Waals surface area contributed by atoms with Crippen LogP contribution in [0, 0.1) is 0 Å². The average Bonchev–Trinajstić information content (AvgIpc) is 2.57. The molecule has 1 aromatic heterocycles. The number of amides is 1. The van der Waals surface area contributed by atoms with Crippen LogP contribution < -0.4 is 14.6 Å². The fourth-order valence-corrected chi connectivity index (χ4v) is 2.53. The van der Waals surface area contributed by atoms with Gasteiger partial charge < -0.3 is 4.74 Å². The molecule has 1 rings (SSSR count). The first-order valence-electron chi connectivity index (χ1n) is 4.50. The highest BCUT2D eigenvalue weighted by molar-refractivity contribution is 7.91. The van der Waals surface area contributed by atoms with Crippen LogP contribution in [0.1, 0.15) is 0 Å². The van der Waals surface area contributed by atoms with E-state index in [2.05, 4.69) is 9.84 Å². The van der Waals surface area contributed by atoms with E-state index >= 15 is 0 Å². The van der Waals surface area contributed by atoms with Crippen LogP contribution in [0.3, 0.4) is 0 Å². The van der Waals surface area contributed by atoms with Crippen molar-refractivity contribution < 1.29 is 26.4 Å². The second kappa shape index (κ2) is 5.02. The third-order valence-electron chi connectivity index (χ3n) is 1.74. The largest absolute Gasteiger partial charge is 0.452 e. The lowest BCUT2D eigenvalue weighted by Gasteiger charge is -2.06. The van der Waals surface area contributed by atoms with Gasteiger partial charge in [-0.25, -0.2) is 27.8 Å². The molecule has 11 nitrogen and oxygen atoms in total.